The number of carbonyl (C=O) groups is 1. The molecule has 1 amide bonds. The van der Waals surface area contributed by atoms with E-state index in [9.17, 15) is 9.90 Å². The van der Waals surface area contributed by atoms with Crippen LogP contribution in [-0.2, 0) is 4.74 Å². The maximum atomic E-state index is 12.3. The van der Waals surface area contributed by atoms with Crippen molar-refractivity contribution in [3.8, 4) is 5.75 Å². The van der Waals surface area contributed by atoms with Gasteiger partial charge >= 0.3 is 0 Å². The van der Waals surface area contributed by atoms with E-state index in [1.165, 1.54) is 6.07 Å². The van der Waals surface area contributed by atoms with E-state index in [1.54, 1.807) is 17.0 Å². The van der Waals surface area contributed by atoms with Gasteiger partial charge in [0.25, 0.3) is 5.91 Å². The molecule has 6 heteroatoms. The van der Waals surface area contributed by atoms with E-state index in [2.05, 4.69) is 15.9 Å². The number of aromatic hydroxyl groups is 1. The number of benzene rings is 1. The highest BCUT2D eigenvalue weighted by Crippen LogP contribution is 2.25. The van der Waals surface area contributed by atoms with Crippen LogP contribution in [0.3, 0.4) is 0 Å². The second kappa shape index (κ2) is 7.29. The summed E-state index contributed by atoms with van der Waals surface area (Å²) in [6.45, 7) is 1.89. The Morgan fingerprint density at radius 1 is 1.45 bits per heavy atom. The molecule has 1 aromatic rings. The monoisotopic (exact) mass is 361 g/mol. The maximum Gasteiger partial charge on any atom is 0.253 e. The van der Waals surface area contributed by atoms with Gasteiger partial charge < -0.3 is 14.7 Å². The molecule has 20 heavy (non-hydrogen) atoms. The fourth-order valence-corrected chi connectivity index (χ4v) is 2.60. The molecular weight excluding hydrogens is 346 g/mol. The SMILES string of the molecule is O=C(c1ccc(Br)c(O)c1)N1CCC(OCCCl)CC1. The predicted molar refractivity (Wildman–Crippen MR) is 81.4 cm³/mol. The first-order valence-electron chi connectivity index (χ1n) is 6.57. The first-order chi connectivity index (χ1) is 9.61. The summed E-state index contributed by atoms with van der Waals surface area (Å²) in [6.07, 6.45) is 1.84. The van der Waals surface area contributed by atoms with Crippen molar-refractivity contribution in [3.05, 3.63) is 28.2 Å². The molecule has 0 unspecified atom stereocenters. The zero-order chi connectivity index (χ0) is 14.5. The number of hydrogen-bond acceptors (Lipinski definition) is 3. The van der Waals surface area contributed by atoms with Crippen LogP contribution in [0.5, 0.6) is 5.75 Å². The van der Waals surface area contributed by atoms with Crippen LogP contribution in [0, 0.1) is 0 Å². The number of phenolic OH excluding ortho intramolecular Hbond substituents is 1. The van der Waals surface area contributed by atoms with Gasteiger partial charge in [-0.15, -0.1) is 11.6 Å². The highest BCUT2D eigenvalue weighted by atomic mass is 79.9. The molecule has 0 atom stereocenters. The summed E-state index contributed by atoms with van der Waals surface area (Å²) in [5.41, 5.74) is 0.505. The zero-order valence-electron chi connectivity index (χ0n) is 11.0. The summed E-state index contributed by atoms with van der Waals surface area (Å²) >= 11 is 8.79. The summed E-state index contributed by atoms with van der Waals surface area (Å²) in [6, 6.07) is 4.88. The highest BCUT2D eigenvalue weighted by Gasteiger charge is 2.24. The average Bonchev–Trinajstić information content (AvgIpc) is 2.48. The highest BCUT2D eigenvalue weighted by molar-refractivity contribution is 9.10. The van der Waals surface area contributed by atoms with E-state index in [-0.39, 0.29) is 17.8 Å². The van der Waals surface area contributed by atoms with Gasteiger partial charge in [0.1, 0.15) is 5.75 Å². The van der Waals surface area contributed by atoms with E-state index in [0.29, 0.717) is 35.6 Å². The third-order valence-electron chi connectivity index (χ3n) is 3.35. The first kappa shape index (κ1) is 15.6. The lowest BCUT2D eigenvalue weighted by Crippen LogP contribution is -2.41. The van der Waals surface area contributed by atoms with E-state index in [0.717, 1.165) is 12.8 Å². The third kappa shape index (κ3) is 3.87. The lowest BCUT2D eigenvalue weighted by atomic mass is 10.1. The number of nitrogens with zero attached hydrogens (tertiary/aromatic N) is 1. The van der Waals surface area contributed by atoms with Gasteiger partial charge in [0.15, 0.2) is 0 Å². The Kier molecular flexibility index (Phi) is 5.69. The number of halogens is 2. The van der Waals surface area contributed by atoms with E-state index in [4.69, 9.17) is 16.3 Å². The number of likely N-dealkylation sites (tertiary alicyclic amines) is 1. The van der Waals surface area contributed by atoms with Crippen LogP contribution in [0.2, 0.25) is 0 Å². The first-order valence-corrected chi connectivity index (χ1v) is 7.90. The molecule has 0 radical (unpaired) electrons. The minimum atomic E-state index is -0.0522. The van der Waals surface area contributed by atoms with Crippen LogP contribution in [0.1, 0.15) is 23.2 Å². The fraction of sp³-hybridized carbons (Fsp3) is 0.500. The number of carbonyl (C=O) groups excluding carboxylic acids is 1. The summed E-state index contributed by atoms with van der Waals surface area (Å²) in [4.78, 5) is 14.1. The number of alkyl halides is 1. The third-order valence-corrected chi connectivity index (χ3v) is 4.18. The Labute approximate surface area is 131 Å². The second-order valence-electron chi connectivity index (χ2n) is 4.72. The van der Waals surface area contributed by atoms with Crippen LogP contribution in [0.25, 0.3) is 0 Å². The molecule has 1 aromatic carbocycles. The van der Waals surface area contributed by atoms with Crippen LogP contribution in [0.15, 0.2) is 22.7 Å². The van der Waals surface area contributed by atoms with Crippen LogP contribution in [-0.4, -0.2) is 47.6 Å². The number of amides is 1. The normalized spacial score (nSPS) is 16.4. The largest absolute Gasteiger partial charge is 0.507 e. The van der Waals surface area contributed by atoms with Crippen molar-refractivity contribution in [2.45, 2.75) is 18.9 Å². The maximum absolute atomic E-state index is 12.3. The molecule has 4 nitrogen and oxygen atoms in total. The van der Waals surface area contributed by atoms with Gasteiger partial charge in [-0.25, -0.2) is 0 Å². The van der Waals surface area contributed by atoms with Crippen molar-refractivity contribution in [2.24, 2.45) is 0 Å². The lowest BCUT2D eigenvalue weighted by Gasteiger charge is -2.32. The predicted octanol–water partition coefficient (Wildman–Crippen LogP) is 3.01. The molecule has 1 saturated heterocycles. The molecule has 0 saturated carbocycles. The molecule has 0 aromatic heterocycles. The van der Waals surface area contributed by atoms with Crippen molar-refractivity contribution in [3.63, 3.8) is 0 Å². The van der Waals surface area contributed by atoms with Crippen molar-refractivity contribution < 1.29 is 14.6 Å². The Morgan fingerprint density at radius 3 is 2.75 bits per heavy atom. The molecule has 1 N–H and O–H groups in total. The van der Waals surface area contributed by atoms with Gasteiger partial charge in [0.05, 0.1) is 17.2 Å². The molecule has 0 spiro atoms. The number of hydrogen-bond donors (Lipinski definition) is 1. The molecule has 1 aliphatic heterocycles. The van der Waals surface area contributed by atoms with Crippen molar-refractivity contribution >= 4 is 33.4 Å². The number of piperidine rings is 1. The quantitative estimate of drug-likeness (QED) is 0.838. The van der Waals surface area contributed by atoms with Crippen LogP contribution in [0.4, 0.5) is 0 Å². The second-order valence-corrected chi connectivity index (χ2v) is 5.95. The standard InChI is InChI=1S/C14H17BrClNO3/c15-12-2-1-10(9-13(12)18)14(19)17-6-3-11(4-7-17)20-8-5-16/h1-2,9,11,18H,3-8H2. The average molecular weight is 363 g/mol. The molecule has 1 heterocycles. The van der Waals surface area contributed by atoms with Crippen molar-refractivity contribution in [1.82, 2.24) is 4.90 Å². The molecule has 0 bridgehead atoms. The van der Waals surface area contributed by atoms with Crippen LogP contribution < -0.4 is 0 Å². The Hall–Kier alpha value is -0.780. The molecule has 110 valence electrons. The molecular formula is C14H17BrClNO3. The summed E-state index contributed by atoms with van der Waals surface area (Å²) in [5, 5.41) is 9.64. The Balaban J connectivity index is 1.92. The van der Waals surface area contributed by atoms with Crippen molar-refractivity contribution in [2.75, 3.05) is 25.6 Å². The van der Waals surface area contributed by atoms with E-state index >= 15 is 0 Å². The van der Waals surface area contributed by atoms with Gasteiger partial charge in [-0.05, 0) is 47.0 Å². The van der Waals surface area contributed by atoms with Gasteiger partial charge in [-0.1, -0.05) is 0 Å². The zero-order valence-corrected chi connectivity index (χ0v) is 13.4. The van der Waals surface area contributed by atoms with E-state index in [1.807, 2.05) is 0 Å². The van der Waals surface area contributed by atoms with Gasteiger partial charge in [-0.2, -0.15) is 0 Å². The number of ether oxygens (including phenoxy) is 1. The number of rotatable bonds is 4. The molecule has 1 fully saturated rings. The fourth-order valence-electron chi connectivity index (χ4n) is 2.27. The van der Waals surface area contributed by atoms with Gasteiger partial charge in [0, 0.05) is 24.5 Å². The summed E-state index contributed by atoms with van der Waals surface area (Å²) < 4.78 is 6.17. The summed E-state index contributed by atoms with van der Waals surface area (Å²) in [7, 11) is 0. The topological polar surface area (TPSA) is 49.8 Å². The number of phenols is 1. The molecule has 2 rings (SSSR count). The molecule has 1 aliphatic rings. The van der Waals surface area contributed by atoms with Crippen molar-refractivity contribution in [1.29, 1.82) is 0 Å². The Morgan fingerprint density at radius 2 is 2.15 bits per heavy atom. The molecule has 0 aliphatic carbocycles. The van der Waals surface area contributed by atoms with Crippen LogP contribution >= 0.6 is 27.5 Å². The minimum absolute atomic E-state index is 0.0522. The van der Waals surface area contributed by atoms with E-state index < -0.39 is 0 Å². The minimum Gasteiger partial charge on any atom is -0.507 e. The van der Waals surface area contributed by atoms with Gasteiger partial charge in [-0.3, -0.25) is 4.79 Å². The van der Waals surface area contributed by atoms with Gasteiger partial charge in [0.2, 0.25) is 0 Å². The lowest BCUT2D eigenvalue weighted by molar-refractivity contribution is 0.0154. The smallest absolute Gasteiger partial charge is 0.253 e. The Bertz CT molecular complexity index is 475. The summed E-state index contributed by atoms with van der Waals surface area (Å²) in [5.74, 6) is 0.525.